The van der Waals surface area contributed by atoms with Crippen molar-refractivity contribution in [1.82, 2.24) is 25.5 Å². The van der Waals surface area contributed by atoms with Crippen LogP contribution in [0, 0.1) is 12.8 Å². The first-order valence-corrected chi connectivity index (χ1v) is 9.17. The average molecular weight is 358 g/mol. The van der Waals surface area contributed by atoms with Crippen molar-refractivity contribution in [1.29, 1.82) is 0 Å². The number of guanidine groups is 1. The van der Waals surface area contributed by atoms with E-state index in [-0.39, 0.29) is 11.8 Å². The van der Waals surface area contributed by atoms with Crippen LogP contribution >= 0.6 is 0 Å². The lowest BCUT2D eigenvalue weighted by Gasteiger charge is -2.13. The summed E-state index contributed by atoms with van der Waals surface area (Å²) in [5, 5.41) is 9.38. The Labute approximate surface area is 155 Å². The molecule has 142 valence electrons. The summed E-state index contributed by atoms with van der Waals surface area (Å²) in [4.78, 5) is 20.3. The van der Waals surface area contributed by atoms with E-state index in [1.165, 1.54) is 5.52 Å². The van der Waals surface area contributed by atoms with Crippen LogP contribution in [0.3, 0.4) is 0 Å². The van der Waals surface area contributed by atoms with Gasteiger partial charge in [0.1, 0.15) is 5.82 Å². The number of para-hydroxylation sites is 2. The van der Waals surface area contributed by atoms with Crippen molar-refractivity contribution in [2.24, 2.45) is 10.9 Å². The number of rotatable bonds is 8. The maximum atomic E-state index is 11.5. The number of aromatic nitrogens is 2. The predicted molar refractivity (Wildman–Crippen MR) is 106 cm³/mol. The lowest BCUT2D eigenvalue weighted by molar-refractivity contribution is -0.123. The van der Waals surface area contributed by atoms with E-state index in [0.29, 0.717) is 13.1 Å². The van der Waals surface area contributed by atoms with Gasteiger partial charge in [0.05, 0.1) is 11.0 Å². The molecule has 2 aromatic rings. The number of fused-ring (bicyclic) bond motifs is 1. The van der Waals surface area contributed by atoms with E-state index in [9.17, 15) is 4.79 Å². The van der Waals surface area contributed by atoms with Crippen LogP contribution in [0.1, 0.15) is 26.1 Å². The van der Waals surface area contributed by atoms with Crippen molar-refractivity contribution in [3.05, 3.63) is 30.1 Å². The highest BCUT2D eigenvalue weighted by Gasteiger charge is 2.07. The molecule has 0 saturated heterocycles. The SMILES string of the molecule is CN=C(NCCCn1c(C)nc2ccccc21)NCCNC(=O)C(C)C. The standard InChI is InChI=1S/C19H30N6O/c1-14(2)18(26)21-11-12-23-19(20-4)22-10-7-13-25-15(3)24-16-8-5-6-9-17(16)25/h5-6,8-9,14H,7,10-13H2,1-4H3,(H,21,26)(H2,20,22,23). The molecular weight excluding hydrogens is 328 g/mol. The van der Waals surface area contributed by atoms with Gasteiger partial charge >= 0.3 is 0 Å². The molecule has 7 heteroatoms. The van der Waals surface area contributed by atoms with E-state index in [4.69, 9.17) is 0 Å². The Morgan fingerprint density at radius 3 is 2.58 bits per heavy atom. The molecule has 0 atom stereocenters. The van der Waals surface area contributed by atoms with Crippen molar-refractivity contribution in [2.75, 3.05) is 26.7 Å². The lowest BCUT2D eigenvalue weighted by Crippen LogP contribution is -2.42. The summed E-state index contributed by atoms with van der Waals surface area (Å²) in [5.74, 6) is 1.86. The van der Waals surface area contributed by atoms with Crippen LogP contribution in [0.4, 0.5) is 0 Å². The first kappa shape index (κ1) is 19.8. The molecule has 1 aromatic carbocycles. The largest absolute Gasteiger partial charge is 0.356 e. The number of amides is 1. The fourth-order valence-electron chi connectivity index (χ4n) is 2.71. The molecule has 0 unspecified atom stereocenters. The Morgan fingerprint density at radius 2 is 1.85 bits per heavy atom. The maximum Gasteiger partial charge on any atom is 0.222 e. The number of carbonyl (C=O) groups excluding carboxylic acids is 1. The fraction of sp³-hybridized carbons (Fsp3) is 0.526. The summed E-state index contributed by atoms with van der Waals surface area (Å²) in [6, 6.07) is 8.21. The average Bonchev–Trinajstić information content (AvgIpc) is 2.95. The van der Waals surface area contributed by atoms with Crippen LogP contribution in [0.25, 0.3) is 11.0 Å². The maximum absolute atomic E-state index is 11.5. The van der Waals surface area contributed by atoms with E-state index >= 15 is 0 Å². The Morgan fingerprint density at radius 1 is 1.15 bits per heavy atom. The molecule has 0 aliphatic rings. The van der Waals surface area contributed by atoms with Crippen LogP contribution in [-0.4, -0.2) is 48.1 Å². The minimum atomic E-state index is 0.00940. The zero-order valence-corrected chi connectivity index (χ0v) is 16.2. The second-order valence-corrected chi connectivity index (χ2v) is 6.52. The molecule has 7 nitrogen and oxygen atoms in total. The van der Waals surface area contributed by atoms with Gasteiger partial charge in [-0.2, -0.15) is 0 Å². The van der Waals surface area contributed by atoms with Crippen molar-refractivity contribution in [2.45, 2.75) is 33.7 Å². The zero-order chi connectivity index (χ0) is 18.9. The van der Waals surface area contributed by atoms with Gasteiger partial charge in [-0.3, -0.25) is 9.79 Å². The van der Waals surface area contributed by atoms with Crippen LogP contribution in [0.15, 0.2) is 29.3 Å². The van der Waals surface area contributed by atoms with Crippen molar-refractivity contribution < 1.29 is 4.79 Å². The molecule has 0 fully saturated rings. The molecule has 26 heavy (non-hydrogen) atoms. The Balaban J connectivity index is 1.71. The minimum Gasteiger partial charge on any atom is -0.356 e. The van der Waals surface area contributed by atoms with Crippen molar-refractivity contribution in [3.63, 3.8) is 0 Å². The highest BCUT2D eigenvalue weighted by Crippen LogP contribution is 2.15. The quantitative estimate of drug-likeness (QED) is 0.381. The van der Waals surface area contributed by atoms with Crippen LogP contribution < -0.4 is 16.0 Å². The van der Waals surface area contributed by atoms with Gasteiger partial charge in [-0.25, -0.2) is 4.98 Å². The van der Waals surface area contributed by atoms with Gasteiger partial charge < -0.3 is 20.5 Å². The summed E-state index contributed by atoms with van der Waals surface area (Å²) in [6.07, 6.45) is 0.964. The molecule has 0 aliphatic heterocycles. The molecule has 0 saturated carbocycles. The van der Waals surface area contributed by atoms with Gasteiger partial charge in [-0.15, -0.1) is 0 Å². The number of aryl methyl sites for hydroxylation is 2. The summed E-state index contributed by atoms with van der Waals surface area (Å²) >= 11 is 0. The number of carbonyl (C=O) groups is 1. The van der Waals surface area contributed by atoms with Gasteiger partial charge in [0, 0.05) is 39.1 Å². The molecule has 0 aliphatic carbocycles. The minimum absolute atomic E-state index is 0.00940. The molecule has 0 radical (unpaired) electrons. The molecule has 0 bridgehead atoms. The van der Waals surface area contributed by atoms with E-state index in [0.717, 1.165) is 36.8 Å². The van der Waals surface area contributed by atoms with E-state index in [1.807, 2.05) is 39.0 Å². The second-order valence-electron chi connectivity index (χ2n) is 6.52. The van der Waals surface area contributed by atoms with Gasteiger partial charge in [0.25, 0.3) is 0 Å². The molecule has 1 aromatic heterocycles. The molecule has 0 spiro atoms. The van der Waals surface area contributed by atoms with Gasteiger partial charge in [0.2, 0.25) is 5.91 Å². The van der Waals surface area contributed by atoms with Crippen molar-refractivity contribution in [3.8, 4) is 0 Å². The molecule has 3 N–H and O–H groups in total. The Bertz CT molecular complexity index is 750. The Kier molecular flexibility index (Phi) is 7.44. The first-order valence-electron chi connectivity index (χ1n) is 9.17. The number of nitrogens with one attached hydrogen (secondary N) is 3. The topological polar surface area (TPSA) is 83.3 Å². The number of imidazole rings is 1. The van der Waals surface area contributed by atoms with Crippen molar-refractivity contribution >= 4 is 22.9 Å². The van der Waals surface area contributed by atoms with Crippen LogP contribution in [-0.2, 0) is 11.3 Å². The molecule has 1 heterocycles. The highest BCUT2D eigenvalue weighted by atomic mass is 16.1. The van der Waals surface area contributed by atoms with E-state index < -0.39 is 0 Å². The molecule has 1 amide bonds. The normalized spacial score (nSPS) is 11.8. The summed E-state index contributed by atoms with van der Waals surface area (Å²) in [6.45, 7) is 8.74. The molecular formula is C19H30N6O. The number of benzene rings is 1. The highest BCUT2D eigenvalue weighted by molar-refractivity contribution is 5.80. The third-order valence-corrected chi connectivity index (χ3v) is 4.16. The number of nitrogens with zero attached hydrogens (tertiary/aromatic N) is 3. The first-order chi connectivity index (χ1) is 12.5. The summed E-state index contributed by atoms with van der Waals surface area (Å²) < 4.78 is 2.24. The fourth-order valence-corrected chi connectivity index (χ4v) is 2.71. The lowest BCUT2D eigenvalue weighted by atomic mass is 10.2. The van der Waals surface area contributed by atoms with Crippen LogP contribution in [0.5, 0.6) is 0 Å². The number of hydrogen-bond acceptors (Lipinski definition) is 3. The predicted octanol–water partition coefficient (Wildman–Crippen LogP) is 1.67. The monoisotopic (exact) mass is 358 g/mol. The molecule has 2 rings (SSSR count). The third-order valence-electron chi connectivity index (χ3n) is 4.16. The number of aliphatic imine (C=N–C) groups is 1. The smallest absolute Gasteiger partial charge is 0.222 e. The van der Waals surface area contributed by atoms with Gasteiger partial charge in [-0.05, 0) is 25.5 Å². The third kappa shape index (κ3) is 5.47. The second kappa shape index (κ2) is 9.79. The summed E-state index contributed by atoms with van der Waals surface area (Å²) in [5.41, 5.74) is 2.22. The summed E-state index contributed by atoms with van der Waals surface area (Å²) in [7, 11) is 1.75. The van der Waals surface area contributed by atoms with Gasteiger partial charge in [0.15, 0.2) is 5.96 Å². The number of hydrogen-bond donors (Lipinski definition) is 3. The van der Waals surface area contributed by atoms with E-state index in [2.05, 4.69) is 36.6 Å². The van der Waals surface area contributed by atoms with E-state index in [1.54, 1.807) is 7.05 Å². The van der Waals surface area contributed by atoms with Crippen LogP contribution in [0.2, 0.25) is 0 Å². The van der Waals surface area contributed by atoms with Gasteiger partial charge in [-0.1, -0.05) is 26.0 Å². The zero-order valence-electron chi connectivity index (χ0n) is 16.2. The Hall–Kier alpha value is -2.57.